The van der Waals surface area contributed by atoms with Gasteiger partial charge in [-0.05, 0) is 62.1 Å². The van der Waals surface area contributed by atoms with Gasteiger partial charge in [-0.2, -0.15) is 0 Å². The lowest BCUT2D eigenvalue weighted by Gasteiger charge is -2.33. The Kier molecular flexibility index (Phi) is 8.58. The summed E-state index contributed by atoms with van der Waals surface area (Å²) in [5.41, 5.74) is 2.56. The van der Waals surface area contributed by atoms with Crippen LogP contribution in [0.5, 0.6) is 11.5 Å². The van der Waals surface area contributed by atoms with Gasteiger partial charge < -0.3 is 14.2 Å². The summed E-state index contributed by atoms with van der Waals surface area (Å²) < 4.78 is 17.5. The van der Waals surface area contributed by atoms with E-state index in [9.17, 15) is 0 Å². The monoisotopic (exact) mass is 398 g/mol. The summed E-state index contributed by atoms with van der Waals surface area (Å²) >= 11 is 0. The van der Waals surface area contributed by atoms with Crippen LogP contribution in [0.25, 0.3) is 0 Å². The molecular weight excluding hydrogens is 360 g/mol. The van der Waals surface area contributed by atoms with E-state index in [2.05, 4.69) is 76.2 Å². The zero-order chi connectivity index (χ0) is 21.3. The normalized spacial score (nSPS) is 15.4. The van der Waals surface area contributed by atoms with Crippen LogP contribution < -0.4 is 9.47 Å². The van der Waals surface area contributed by atoms with Gasteiger partial charge in [0.25, 0.3) is 0 Å². The topological polar surface area (TPSA) is 27.7 Å². The van der Waals surface area contributed by atoms with Crippen LogP contribution in [0.1, 0.15) is 65.5 Å². The van der Waals surface area contributed by atoms with Crippen molar-refractivity contribution >= 4 is 0 Å². The Morgan fingerprint density at radius 2 is 0.931 bits per heavy atom. The second-order valence-corrected chi connectivity index (χ2v) is 8.24. The van der Waals surface area contributed by atoms with Crippen molar-refractivity contribution in [3.63, 3.8) is 0 Å². The summed E-state index contributed by atoms with van der Waals surface area (Å²) in [4.78, 5) is 0. The van der Waals surface area contributed by atoms with E-state index in [1.807, 2.05) is 13.8 Å². The Bertz CT molecular complexity index is 659. The minimum absolute atomic E-state index is 0.0157. The predicted molar refractivity (Wildman–Crippen MR) is 121 cm³/mol. The van der Waals surface area contributed by atoms with E-state index in [-0.39, 0.29) is 10.8 Å². The molecule has 0 bridgehead atoms. The Morgan fingerprint density at radius 1 is 0.586 bits per heavy atom. The number of benzene rings is 2. The molecule has 3 nitrogen and oxygen atoms in total. The molecule has 29 heavy (non-hydrogen) atoms. The summed E-state index contributed by atoms with van der Waals surface area (Å²) in [6.45, 7) is 15.8. The molecule has 2 aromatic rings. The summed E-state index contributed by atoms with van der Waals surface area (Å²) in [5, 5.41) is 0. The lowest BCUT2D eigenvalue weighted by Crippen LogP contribution is -2.33. The highest BCUT2D eigenvalue weighted by atomic mass is 16.5. The van der Waals surface area contributed by atoms with Crippen molar-refractivity contribution in [3.8, 4) is 11.5 Å². The second kappa shape index (κ2) is 10.7. The summed E-state index contributed by atoms with van der Waals surface area (Å²) in [7, 11) is 0. The van der Waals surface area contributed by atoms with Crippen LogP contribution in [0.15, 0.2) is 48.5 Å². The molecule has 0 fully saturated rings. The molecular formula is C26H38O3. The molecule has 0 heterocycles. The van der Waals surface area contributed by atoms with Crippen LogP contribution in [-0.4, -0.2) is 26.4 Å². The van der Waals surface area contributed by atoms with Gasteiger partial charge >= 0.3 is 0 Å². The van der Waals surface area contributed by atoms with Crippen molar-refractivity contribution in [3.05, 3.63) is 59.7 Å². The van der Waals surface area contributed by atoms with E-state index in [0.29, 0.717) is 26.4 Å². The van der Waals surface area contributed by atoms with Crippen LogP contribution >= 0.6 is 0 Å². The van der Waals surface area contributed by atoms with Gasteiger partial charge in [-0.25, -0.2) is 0 Å². The van der Waals surface area contributed by atoms with Crippen LogP contribution in [-0.2, 0) is 15.6 Å². The van der Waals surface area contributed by atoms with E-state index in [4.69, 9.17) is 14.2 Å². The molecule has 0 aliphatic heterocycles. The summed E-state index contributed by atoms with van der Waals surface area (Å²) in [5.74, 6) is 1.84. The summed E-state index contributed by atoms with van der Waals surface area (Å²) in [6, 6.07) is 16.9. The lowest BCUT2D eigenvalue weighted by atomic mass is 9.79. The zero-order valence-electron chi connectivity index (χ0n) is 19.1. The van der Waals surface area contributed by atoms with E-state index >= 15 is 0 Å². The fourth-order valence-electron chi connectivity index (χ4n) is 3.52. The van der Waals surface area contributed by atoms with Crippen LogP contribution in [0.2, 0.25) is 0 Å². The molecule has 0 amide bonds. The molecule has 2 rings (SSSR count). The average Bonchev–Trinajstić information content (AvgIpc) is 2.75. The molecule has 2 unspecified atom stereocenters. The Morgan fingerprint density at radius 3 is 1.21 bits per heavy atom. The number of ether oxygens (including phenoxy) is 3. The van der Waals surface area contributed by atoms with Crippen LogP contribution in [0.3, 0.4) is 0 Å². The minimum atomic E-state index is -0.0157. The van der Waals surface area contributed by atoms with Crippen molar-refractivity contribution in [1.82, 2.24) is 0 Å². The highest BCUT2D eigenvalue weighted by Crippen LogP contribution is 2.33. The van der Waals surface area contributed by atoms with Gasteiger partial charge in [0.1, 0.15) is 11.5 Å². The molecule has 0 aliphatic carbocycles. The smallest absolute Gasteiger partial charge is 0.119 e. The molecule has 0 saturated heterocycles. The van der Waals surface area contributed by atoms with Crippen molar-refractivity contribution in [1.29, 1.82) is 0 Å². The highest BCUT2D eigenvalue weighted by molar-refractivity contribution is 5.33. The maximum absolute atomic E-state index is 6.35. The first-order valence-electron chi connectivity index (χ1n) is 10.9. The molecule has 2 aromatic carbocycles. The van der Waals surface area contributed by atoms with Gasteiger partial charge in [-0.1, -0.05) is 52.0 Å². The predicted octanol–water partition coefficient (Wildman–Crippen LogP) is 6.54. The third kappa shape index (κ3) is 5.99. The Hall–Kier alpha value is -2.00. The van der Waals surface area contributed by atoms with Crippen molar-refractivity contribution in [2.75, 3.05) is 26.4 Å². The first-order chi connectivity index (χ1) is 13.9. The molecule has 0 radical (unpaired) electrons. The fraction of sp³-hybridized carbons (Fsp3) is 0.538. The minimum Gasteiger partial charge on any atom is -0.494 e. The average molecular weight is 399 g/mol. The van der Waals surface area contributed by atoms with E-state index in [1.165, 1.54) is 11.1 Å². The number of rotatable bonds is 12. The van der Waals surface area contributed by atoms with E-state index in [1.54, 1.807) is 0 Å². The highest BCUT2D eigenvalue weighted by Gasteiger charge is 2.29. The Labute approximate surface area is 177 Å². The second-order valence-electron chi connectivity index (χ2n) is 8.24. The first-order valence-corrected chi connectivity index (χ1v) is 10.9. The quantitative estimate of drug-likeness (QED) is 0.406. The first kappa shape index (κ1) is 23.3. The van der Waals surface area contributed by atoms with Gasteiger partial charge in [0.15, 0.2) is 0 Å². The van der Waals surface area contributed by atoms with Crippen molar-refractivity contribution in [2.45, 2.75) is 65.2 Å². The molecule has 0 aliphatic rings. The van der Waals surface area contributed by atoms with E-state index in [0.717, 1.165) is 24.3 Å². The molecule has 0 aromatic heterocycles. The maximum Gasteiger partial charge on any atom is 0.119 e. The number of hydrogen-bond acceptors (Lipinski definition) is 3. The van der Waals surface area contributed by atoms with E-state index < -0.39 is 0 Å². The standard InChI is InChI=1S/C26H38O3/c1-7-25(5,21-11-15-23(16-12-21)28-9-3)19-27-20-26(6,8-2)22-13-17-24(18-14-22)29-10-4/h11-18H,7-10,19-20H2,1-6H3. The third-order valence-electron chi connectivity index (χ3n) is 6.13. The Balaban J connectivity index is 2.05. The molecule has 0 saturated carbocycles. The zero-order valence-corrected chi connectivity index (χ0v) is 19.1. The van der Waals surface area contributed by atoms with Crippen molar-refractivity contribution < 1.29 is 14.2 Å². The molecule has 2 atom stereocenters. The molecule has 0 spiro atoms. The van der Waals surface area contributed by atoms with Crippen LogP contribution in [0, 0.1) is 0 Å². The maximum atomic E-state index is 6.35. The molecule has 3 heteroatoms. The molecule has 0 N–H and O–H groups in total. The van der Waals surface area contributed by atoms with Crippen molar-refractivity contribution in [2.24, 2.45) is 0 Å². The molecule has 160 valence electrons. The van der Waals surface area contributed by atoms with Gasteiger partial charge in [-0.3, -0.25) is 0 Å². The third-order valence-corrected chi connectivity index (χ3v) is 6.13. The van der Waals surface area contributed by atoms with Gasteiger partial charge in [0, 0.05) is 10.8 Å². The lowest BCUT2D eigenvalue weighted by molar-refractivity contribution is 0.0510. The fourth-order valence-corrected chi connectivity index (χ4v) is 3.52. The van der Waals surface area contributed by atoms with Crippen LogP contribution in [0.4, 0.5) is 0 Å². The van der Waals surface area contributed by atoms with Gasteiger partial charge in [0.2, 0.25) is 0 Å². The summed E-state index contributed by atoms with van der Waals surface area (Å²) in [6.07, 6.45) is 2.04. The van der Waals surface area contributed by atoms with Gasteiger partial charge in [0.05, 0.1) is 26.4 Å². The number of hydrogen-bond donors (Lipinski definition) is 0. The largest absolute Gasteiger partial charge is 0.494 e. The SMILES string of the molecule is CCOc1ccc(C(C)(CC)COCC(C)(CC)c2ccc(OCC)cc2)cc1. The van der Waals surface area contributed by atoms with Gasteiger partial charge in [-0.15, -0.1) is 0 Å².